The van der Waals surface area contributed by atoms with Crippen molar-refractivity contribution in [2.45, 2.75) is 6.42 Å². The van der Waals surface area contributed by atoms with E-state index in [0.717, 1.165) is 11.8 Å². The molecule has 0 unspecified atom stereocenters. The van der Waals surface area contributed by atoms with Gasteiger partial charge in [0.2, 0.25) is 0 Å². The van der Waals surface area contributed by atoms with Gasteiger partial charge in [0, 0.05) is 25.6 Å². The van der Waals surface area contributed by atoms with Crippen LogP contribution in [0.5, 0.6) is 0 Å². The molecular weight excluding hydrogens is 469 g/mol. The fourth-order valence-electron chi connectivity index (χ4n) is 2.81. The van der Waals surface area contributed by atoms with Crippen LogP contribution in [-0.2, 0) is 34.3 Å². The summed E-state index contributed by atoms with van der Waals surface area (Å²) in [6.07, 6.45) is 1.57. The number of carbonyl (C=O) groups is 1. The number of anilines is 2. The SMILES string of the molecule is COP(=O)(CCc1ccc(N(CCOS(C)(=O)=O)C(=O)Nc2ccc(C#N)cc2)cc1)OC. The van der Waals surface area contributed by atoms with Gasteiger partial charge in [-0.15, -0.1) is 0 Å². The minimum absolute atomic E-state index is 0.0307. The summed E-state index contributed by atoms with van der Waals surface area (Å²) in [5, 5.41) is 11.6. The Labute approximate surface area is 193 Å². The van der Waals surface area contributed by atoms with Crippen LogP contribution in [0.3, 0.4) is 0 Å². The maximum Gasteiger partial charge on any atom is 0.330 e. The topological polar surface area (TPSA) is 135 Å². The fourth-order valence-corrected chi connectivity index (χ4v) is 4.24. The molecule has 2 aromatic carbocycles. The van der Waals surface area contributed by atoms with Crippen LogP contribution in [0, 0.1) is 11.3 Å². The van der Waals surface area contributed by atoms with E-state index in [0.29, 0.717) is 23.4 Å². The Morgan fingerprint density at radius 1 is 1.09 bits per heavy atom. The summed E-state index contributed by atoms with van der Waals surface area (Å²) < 4.78 is 49.5. The van der Waals surface area contributed by atoms with Crippen LogP contribution in [0.25, 0.3) is 0 Å². The van der Waals surface area contributed by atoms with Crippen molar-refractivity contribution in [3.63, 3.8) is 0 Å². The third kappa shape index (κ3) is 8.61. The van der Waals surface area contributed by atoms with Crippen molar-refractivity contribution in [2.24, 2.45) is 0 Å². The number of nitrogens with zero attached hydrogens (tertiary/aromatic N) is 2. The van der Waals surface area contributed by atoms with Crippen molar-refractivity contribution in [3.05, 3.63) is 59.7 Å². The number of hydrogen-bond donors (Lipinski definition) is 1. The molecule has 2 amide bonds. The zero-order valence-electron chi connectivity index (χ0n) is 18.6. The van der Waals surface area contributed by atoms with E-state index in [1.54, 1.807) is 48.5 Å². The largest absolute Gasteiger partial charge is 0.330 e. The zero-order valence-corrected chi connectivity index (χ0v) is 20.3. The van der Waals surface area contributed by atoms with Crippen molar-refractivity contribution in [3.8, 4) is 6.07 Å². The van der Waals surface area contributed by atoms with E-state index in [1.807, 2.05) is 6.07 Å². The van der Waals surface area contributed by atoms with Crippen molar-refractivity contribution in [1.82, 2.24) is 0 Å². The lowest BCUT2D eigenvalue weighted by Gasteiger charge is -2.23. The number of urea groups is 1. The molecule has 0 fully saturated rings. The summed E-state index contributed by atoms with van der Waals surface area (Å²) >= 11 is 0. The average molecular weight is 495 g/mol. The van der Waals surface area contributed by atoms with Gasteiger partial charge in [0.05, 0.1) is 37.2 Å². The molecular formula is C21H26N3O7PS. The smallest absolute Gasteiger partial charge is 0.312 e. The molecule has 0 atom stereocenters. The Morgan fingerprint density at radius 3 is 2.21 bits per heavy atom. The minimum Gasteiger partial charge on any atom is -0.312 e. The van der Waals surface area contributed by atoms with Crippen LogP contribution in [0.1, 0.15) is 11.1 Å². The number of nitrogens with one attached hydrogen (secondary N) is 1. The molecule has 0 aromatic heterocycles. The second-order valence-corrected chi connectivity index (χ2v) is 11.0. The third-order valence-corrected chi connectivity index (χ3v) is 7.08. The highest BCUT2D eigenvalue weighted by Gasteiger charge is 2.21. The van der Waals surface area contributed by atoms with Crippen molar-refractivity contribution in [2.75, 3.05) is 50.0 Å². The molecule has 0 spiro atoms. The number of benzene rings is 2. The molecule has 1 N–H and O–H groups in total. The van der Waals surface area contributed by atoms with Gasteiger partial charge in [-0.05, 0) is 48.4 Å². The van der Waals surface area contributed by atoms with Gasteiger partial charge in [0.15, 0.2) is 0 Å². The first-order valence-corrected chi connectivity index (χ1v) is 13.4. The molecule has 2 aromatic rings. The number of aryl methyl sites for hydroxylation is 1. The minimum atomic E-state index is -3.67. The molecule has 33 heavy (non-hydrogen) atoms. The first-order chi connectivity index (χ1) is 15.6. The second kappa shape index (κ2) is 11.9. The average Bonchev–Trinajstić information content (AvgIpc) is 2.80. The highest BCUT2D eigenvalue weighted by Crippen LogP contribution is 2.46. The van der Waals surface area contributed by atoms with Gasteiger partial charge in [-0.1, -0.05) is 12.1 Å². The lowest BCUT2D eigenvalue weighted by atomic mass is 10.1. The molecule has 0 bridgehead atoms. The van der Waals surface area contributed by atoms with E-state index >= 15 is 0 Å². The highest BCUT2D eigenvalue weighted by molar-refractivity contribution is 7.85. The summed E-state index contributed by atoms with van der Waals surface area (Å²) in [7, 11) is -4.14. The second-order valence-electron chi connectivity index (χ2n) is 6.91. The van der Waals surface area contributed by atoms with Crippen molar-refractivity contribution >= 4 is 35.1 Å². The number of hydrogen-bond acceptors (Lipinski definition) is 8. The summed E-state index contributed by atoms with van der Waals surface area (Å²) in [5.41, 5.74) is 2.28. The third-order valence-electron chi connectivity index (χ3n) is 4.60. The van der Waals surface area contributed by atoms with Gasteiger partial charge in [-0.25, -0.2) is 4.79 Å². The molecule has 10 nitrogen and oxygen atoms in total. The monoisotopic (exact) mass is 495 g/mol. The van der Waals surface area contributed by atoms with Crippen LogP contribution in [0.15, 0.2) is 48.5 Å². The van der Waals surface area contributed by atoms with Gasteiger partial charge in [0.25, 0.3) is 10.1 Å². The van der Waals surface area contributed by atoms with Crippen LogP contribution >= 0.6 is 7.60 Å². The Bertz CT molecular complexity index is 1120. The normalized spacial score (nSPS) is 11.6. The molecule has 0 aliphatic carbocycles. The predicted octanol–water partition coefficient (Wildman–Crippen LogP) is 3.60. The van der Waals surface area contributed by atoms with Gasteiger partial charge in [-0.2, -0.15) is 13.7 Å². The zero-order chi connectivity index (χ0) is 24.5. The Hall–Kier alpha value is -2.74. The number of rotatable bonds is 11. The van der Waals surface area contributed by atoms with Gasteiger partial charge >= 0.3 is 13.6 Å². The first-order valence-electron chi connectivity index (χ1n) is 9.81. The van der Waals surface area contributed by atoms with Crippen LogP contribution in [-0.4, -0.2) is 54.2 Å². The van der Waals surface area contributed by atoms with Crippen LogP contribution in [0.4, 0.5) is 16.2 Å². The standard InChI is InChI=1S/C21H26N3O7PS/c1-29-32(26,30-2)15-12-17-6-10-20(11-7-17)24(13-14-31-33(3,27)28)21(25)23-19-8-4-18(16-22)5-9-19/h4-11H,12-15H2,1-3H3,(H,23,25). The molecule has 0 radical (unpaired) electrons. The molecule has 0 aliphatic heterocycles. The maximum atomic E-state index is 12.9. The highest BCUT2D eigenvalue weighted by atomic mass is 32.2. The quantitative estimate of drug-likeness (QED) is 0.369. The van der Waals surface area contributed by atoms with Gasteiger partial charge < -0.3 is 14.4 Å². The van der Waals surface area contributed by atoms with E-state index in [9.17, 15) is 17.8 Å². The van der Waals surface area contributed by atoms with E-state index in [-0.39, 0.29) is 19.3 Å². The lowest BCUT2D eigenvalue weighted by molar-refractivity contribution is 0.254. The van der Waals surface area contributed by atoms with E-state index in [1.165, 1.54) is 19.1 Å². The maximum absolute atomic E-state index is 12.9. The van der Waals surface area contributed by atoms with E-state index < -0.39 is 23.7 Å². The molecule has 12 heteroatoms. The summed E-state index contributed by atoms with van der Waals surface area (Å²) in [6.45, 7) is -0.261. The molecule has 0 saturated carbocycles. The molecule has 0 heterocycles. The lowest BCUT2D eigenvalue weighted by Crippen LogP contribution is -2.37. The van der Waals surface area contributed by atoms with Crippen molar-refractivity contribution in [1.29, 1.82) is 5.26 Å². The first kappa shape index (κ1) is 26.5. The van der Waals surface area contributed by atoms with Gasteiger partial charge in [0.1, 0.15) is 0 Å². The molecule has 0 saturated heterocycles. The summed E-state index contributed by atoms with van der Waals surface area (Å²) in [5.74, 6) is 0. The Morgan fingerprint density at radius 2 is 1.70 bits per heavy atom. The number of carbonyl (C=O) groups excluding carboxylic acids is 1. The molecule has 2 rings (SSSR count). The molecule has 0 aliphatic rings. The molecule has 178 valence electrons. The van der Waals surface area contributed by atoms with Crippen LogP contribution in [0.2, 0.25) is 0 Å². The number of nitriles is 1. The van der Waals surface area contributed by atoms with E-state index in [4.69, 9.17) is 18.5 Å². The Kier molecular flexibility index (Phi) is 9.58. The van der Waals surface area contributed by atoms with Crippen LogP contribution < -0.4 is 10.2 Å². The van der Waals surface area contributed by atoms with E-state index in [2.05, 4.69) is 5.32 Å². The van der Waals surface area contributed by atoms with Crippen molar-refractivity contribution < 1.29 is 31.0 Å². The summed E-state index contributed by atoms with van der Waals surface area (Å²) in [6, 6.07) is 14.7. The fraction of sp³-hybridized carbons (Fsp3) is 0.333. The summed E-state index contributed by atoms with van der Waals surface area (Å²) in [4.78, 5) is 14.3. The Balaban J connectivity index is 2.16. The number of amides is 2. The van der Waals surface area contributed by atoms with Gasteiger partial charge in [-0.3, -0.25) is 13.6 Å². The predicted molar refractivity (Wildman–Crippen MR) is 125 cm³/mol.